The summed E-state index contributed by atoms with van der Waals surface area (Å²) in [6.45, 7) is 3.85. The van der Waals surface area contributed by atoms with Crippen molar-refractivity contribution in [3.63, 3.8) is 0 Å². The van der Waals surface area contributed by atoms with Crippen LogP contribution < -0.4 is 0 Å². The molecular weight excluding hydrogens is 262 g/mol. The van der Waals surface area contributed by atoms with Crippen molar-refractivity contribution >= 4 is 10.0 Å². The van der Waals surface area contributed by atoms with Crippen molar-refractivity contribution in [2.24, 2.45) is 0 Å². The fraction of sp³-hybridized carbons (Fsp3) is 0.286. The fourth-order valence-electron chi connectivity index (χ4n) is 1.89. The van der Waals surface area contributed by atoms with E-state index in [0.717, 1.165) is 11.3 Å². The molecule has 0 spiro atoms. The van der Waals surface area contributed by atoms with E-state index in [2.05, 4.69) is 0 Å². The second kappa shape index (κ2) is 5.19. The molecule has 0 saturated heterocycles. The largest absolute Gasteiger partial charge is 0.465 e. The summed E-state index contributed by atoms with van der Waals surface area (Å²) in [4.78, 5) is 0.334. The standard InChI is InChI=1S/C14H17NO3S/c1-11-6-4-5-7-14(11)19(16,17)15(3)10-13-9-8-12(2)18-13/h4-9H,10H2,1-3H3. The fourth-order valence-corrected chi connectivity index (χ4v) is 3.25. The van der Waals surface area contributed by atoms with E-state index in [9.17, 15) is 8.42 Å². The maximum Gasteiger partial charge on any atom is 0.243 e. The van der Waals surface area contributed by atoms with E-state index in [4.69, 9.17) is 4.42 Å². The molecule has 19 heavy (non-hydrogen) atoms. The minimum absolute atomic E-state index is 0.227. The Balaban J connectivity index is 2.27. The molecule has 0 unspecified atom stereocenters. The molecule has 1 heterocycles. The van der Waals surface area contributed by atoms with E-state index in [0.29, 0.717) is 10.7 Å². The third-order valence-corrected chi connectivity index (χ3v) is 4.92. The van der Waals surface area contributed by atoms with Gasteiger partial charge in [-0.2, -0.15) is 4.31 Å². The van der Waals surface area contributed by atoms with E-state index < -0.39 is 10.0 Å². The Hall–Kier alpha value is -1.59. The van der Waals surface area contributed by atoms with Gasteiger partial charge in [0.15, 0.2) is 0 Å². The third-order valence-electron chi connectivity index (χ3n) is 2.96. The smallest absolute Gasteiger partial charge is 0.243 e. The van der Waals surface area contributed by atoms with Crippen molar-refractivity contribution in [3.05, 3.63) is 53.5 Å². The van der Waals surface area contributed by atoms with Gasteiger partial charge in [0.05, 0.1) is 11.4 Å². The number of hydrogen-bond donors (Lipinski definition) is 0. The number of nitrogens with zero attached hydrogens (tertiary/aromatic N) is 1. The quantitative estimate of drug-likeness (QED) is 0.864. The summed E-state index contributed by atoms with van der Waals surface area (Å²) in [5.41, 5.74) is 0.741. The van der Waals surface area contributed by atoms with Gasteiger partial charge in [-0.1, -0.05) is 18.2 Å². The van der Waals surface area contributed by atoms with E-state index in [1.165, 1.54) is 4.31 Å². The minimum atomic E-state index is -3.49. The van der Waals surface area contributed by atoms with Crippen molar-refractivity contribution in [1.29, 1.82) is 0 Å². The molecule has 4 nitrogen and oxygen atoms in total. The van der Waals surface area contributed by atoms with Crippen LogP contribution in [0.5, 0.6) is 0 Å². The first-order chi connectivity index (χ1) is 8.91. The summed E-state index contributed by atoms with van der Waals surface area (Å²) in [5.74, 6) is 1.41. The van der Waals surface area contributed by atoms with Crippen LogP contribution in [-0.4, -0.2) is 19.8 Å². The summed E-state index contributed by atoms with van der Waals surface area (Å²) < 4.78 is 31.6. The van der Waals surface area contributed by atoms with Crippen LogP contribution in [-0.2, 0) is 16.6 Å². The van der Waals surface area contributed by atoms with E-state index in [1.54, 1.807) is 38.2 Å². The number of aryl methyl sites for hydroxylation is 2. The van der Waals surface area contributed by atoms with E-state index in [1.807, 2.05) is 19.1 Å². The van der Waals surface area contributed by atoms with Gasteiger partial charge in [-0.3, -0.25) is 0 Å². The molecule has 2 rings (SSSR count). The predicted octanol–water partition coefficient (Wildman–Crippen LogP) is 2.72. The Labute approximate surface area is 113 Å². The summed E-state index contributed by atoms with van der Waals surface area (Å²) in [7, 11) is -1.93. The number of sulfonamides is 1. The summed E-state index contributed by atoms with van der Waals surface area (Å²) in [6.07, 6.45) is 0. The zero-order chi connectivity index (χ0) is 14.0. The van der Waals surface area contributed by atoms with Crippen molar-refractivity contribution in [2.45, 2.75) is 25.3 Å². The van der Waals surface area contributed by atoms with Crippen molar-refractivity contribution in [2.75, 3.05) is 7.05 Å². The monoisotopic (exact) mass is 279 g/mol. The molecule has 0 bridgehead atoms. The van der Waals surface area contributed by atoms with Gasteiger partial charge in [0.1, 0.15) is 11.5 Å². The van der Waals surface area contributed by atoms with Crippen LogP contribution in [0.4, 0.5) is 0 Å². The molecule has 0 saturated carbocycles. The summed E-state index contributed by atoms with van der Waals surface area (Å²) >= 11 is 0. The molecular formula is C14H17NO3S. The highest BCUT2D eigenvalue weighted by molar-refractivity contribution is 7.89. The van der Waals surface area contributed by atoms with Crippen LogP contribution in [0.3, 0.4) is 0 Å². The Morgan fingerprint density at radius 2 is 1.79 bits per heavy atom. The summed E-state index contributed by atoms with van der Waals surface area (Å²) in [6, 6.07) is 10.6. The maximum atomic E-state index is 12.4. The molecule has 1 aromatic heterocycles. The Morgan fingerprint density at radius 3 is 2.37 bits per heavy atom. The lowest BCUT2D eigenvalue weighted by Gasteiger charge is -2.17. The van der Waals surface area contributed by atoms with E-state index >= 15 is 0 Å². The molecule has 0 radical (unpaired) electrons. The van der Waals surface area contributed by atoms with E-state index in [-0.39, 0.29) is 6.54 Å². The highest BCUT2D eigenvalue weighted by atomic mass is 32.2. The minimum Gasteiger partial charge on any atom is -0.465 e. The second-order valence-corrected chi connectivity index (χ2v) is 6.55. The van der Waals surface area contributed by atoms with Gasteiger partial charge in [-0.05, 0) is 37.6 Å². The zero-order valence-corrected chi connectivity index (χ0v) is 12.1. The average molecular weight is 279 g/mol. The third kappa shape index (κ3) is 2.88. The van der Waals surface area contributed by atoms with Crippen LogP contribution in [0.15, 0.2) is 45.7 Å². The molecule has 5 heteroatoms. The van der Waals surface area contributed by atoms with Crippen molar-refractivity contribution < 1.29 is 12.8 Å². The van der Waals surface area contributed by atoms with Gasteiger partial charge < -0.3 is 4.42 Å². The van der Waals surface area contributed by atoms with Crippen LogP contribution in [0, 0.1) is 13.8 Å². The lowest BCUT2D eigenvalue weighted by molar-refractivity contribution is 0.397. The second-order valence-electron chi connectivity index (χ2n) is 4.54. The van der Waals surface area contributed by atoms with Gasteiger partial charge in [0.2, 0.25) is 10.0 Å². The Kier molecular flexibility index (Phi) is 3.78. The van der Waals surface area contributed by atoms with Crippen molar-refractivity contribution in [1.82, 2.24) is 4.31 Å². The first kappa shape index (κ1) is 13.8. The summed E-state index contributed by atoms with van der Waals surface area (Å²) in [5, 5.41) is 0. The Morgan fingerprint density at radius 1 is 1.11 bits per heavy atom. The highest BCUT2D eigenvalue weighted by Crippen LogP contribution is 2.20. The normalized spacial score (nSPS) is 12.0. The number of hydrogen-bond acceptors (Lipinski definition) is 3. The first-order valence-corrected chi connectivity index (χ1v) is 7.42. The van der Waals surface area contributed by atoms with Crippen LogP contribution in [0.2, 0.25) is 0 Å². The molecule has 0 amide bonds. The van der Waals surface area contributed by atoms with Gasteiger partial charge in [0, 0.05) is 7.05 Å². The average Bonchev–Trinajstić information content (AvgIpc) is 2.75. The topological polar surface area (TPSA) is 50.5 Å². The first-order valence-electron chi connectivity index (χ1n) is 5.98. The van der Waals surface area contributed by atoms with Crippen LogP contribution >= 0.6 is 0 Å². The molecule has 0 fully saturated rings. The lowest BCUT2D eigenvalue weighted by atomic mass is 10.2. The van der Waals surface area contributed by atoms with Gasteiger partial charge in [-0.15, -0.1) is 0 Å². The van der Waals surface area contributed by atoms with Crippen LogP contribution in [0.1, 0.15) is 17.1 Å². The molecule has 0 aliphatic rings. The lowest BCUT2D eigenvalue weighted by Crippen LogP contribution is -2.26. The number of furan rings is 1. The molecule has 0 N–H and O–H groups in total. The molecule has 0 atom stereocenters. The van der Waals surface area contributed by atoms with Gasteiger partial charge in [0.25, 0.3) is 0 Å². The predicted molar refractivity (Wildman–Crippen MR) is 73.3 cm³/mol. The molecule has 1 aromatic carbocycles. The number of rotatable bonds is 4. The van der Waals surface area contributed by atoms with Gasteiger partial charge >= 0.3 is 0 Å². The molecule has 0 aliphatic carbocycles. The van der Waals surface area contributed by atoms with Crippen molar-refractivity contribution in [3.8, 4) is 0 Å². The SMILES string of the molecule is Cc1ccc(CN(C)S(=O)(=O)c2ccccc2C)o1. The number of benzene rings is 1. The molecule has 2 aromatic rings. The van der Waals surface area contributed by atoms with Crippen LogP contribution in [0.25, 0.3) is 0 Å². The van der Waals surface area contributed by atoms with Gasteiger partial charge in [-0.25, -0.2) is 8.42 Å². The zero-order valence-electron chi connectivity index (χ0n) is 11.3. The highest BCUT2D eigenvalue weighted by Gasteiger charge is 2.23. The Bertz CT molecular complexity index is 674. The molecule has 0 aliphatic heterocycles. The molecule has 102 valence electrons. The maximum absolute atomic E-state index is 12.4.